The molecule has 0 aromatic heterocycles. The molecule has 4 rings (SSSR count). The molecule has 1 aliphatic carbocycles. The van der Waals surface area contributed by atoms with E-state index in [2.05, 4.69) is 75.4 Å². The molecule has 4 aliphatic rings. The van der Waals surface area contributed by atoms with Gasteiger partial charge in [-0.15, -0.1) is 0 Å². The van der Waals surface area contributed by atoms with Crippen LogP contribution in [-0.4, -0.2) is 62.3 Å². The normalized spacial score (nSPS) is 34.0. The maximum absolute atomic E-state index is 15.5. The smallest absolute Gasteiger partial charge is 0.220 e. The Morgan fingerprint density at radius 2 is 0.969 bits per heavy atom. The second-order valence-corrected chi connectivity index (χ2v) is 17.1. The van der Waals surface area contributed by atoms with E-state index < -0.39 is 7.44 Å². The molecular formula is C26H51N4OP. The molecule has 0 amide bonds. The fraction of sp³-hybridized carbons (Fsp3) is 1.00. The summed E-state index contributed by atoms with van der Waals surface area (Å²) in [6, 6.07) is 0.809. The van der Waals surface area contributed by atoms with Crippen molar-refractivity contribution in [1.29, 1.82) is 0 Å². The van der Waals surface area contributed by atoms with Gasteiger partial charge in [-0.3, -0.25) is 4.57 Å². The van der Waals surface area contributed by atoms with Crippen molar-refractivity contribution in [2.75, 3.05) is 13.1 Å². The summed E-state index contributed by atoms with van der Waals surface area (Å²) in [5.74, 6) is 0. The standard InChI is InChI=1S/C26H51N4OP/c1-23(2)16-20(17-24(3,4)27-23)29-14-15-30(32(29,31)22-12-10-9-11-13-22)21-18-25(5,6)28-26(7,8)19-21/h20-22,27-28H,9-19H2,1-8H3. The second kappa shape index (κ2) is 8.33. The number of piperidine rings is 2. The van der Waals surface area contributed by atoms with Crippen LogP contribution in [0.1, 0.15) is 113 Å². The third-order valence-corrected chi connectivity index (χ3v) is 12.5. The molecule has 32 heavy (non-hydrogen) atoms. The van der Waals surface area contributed by atoms with Gasteiger partial charge in [-0.05, 0) is 93.9 Å². The van der Waals surface area contributed by atoms with Gasteiger partial charge >= 0.3 is 0 Å². The van der Waals surface area contributed by atoms with Gasteiger partial charge in [0.25, 0.3) is 0 Å². The number of rotatable bonds is 3. The van der Waals surface area contributed by atoms with E-state index in [1.165, 1.54) is 19.3 Å². The molecule has 6 heteroatoms. The highest BCUT2D eigenvalue weighted by Crippen LogP contribution is 2.67. The van der Waals surface area contributed by atoms with Gasteiger partial charge in [0.2, 0.25) is 7.44 Å². The summed E-state index contributed by atoms with van der Waals surface area (Å²) in [6.07, 6.45) is 10.5. The van der Waals surface area contributed by atoms with E-state index in [1.54, 1.807) is 0 Å². The first-order valence-electron chi connectivity index (χ1n) is 13.4. The van der Waals surface area contributed by atoms with Gasteiger partial charge in [-0.2, -0.15) is 0 Å². The largest absolute Gasteiger partial charge is 0.307 e. The molecule has 4 fully saturated rings. The van der Waals surface area contributed by atoms with E-state index >= 15 is 4.57 Å². The number of hydrogen-bond donors (Lipinski definition) is 2. The molecule has 0 atom stereocenters. The van der Waals surface area contributed by atoms with E-state index in [4.69, 9.17) is 0 Å². The zero-order chi connectivity index (χ0) is 23.6. The van der Waals surface area contributed by atoms with Gasteiger partial charge in [-0.1, -0.05) is 19.3 Å². The van der Waals surface area contributed by atoms with Crippen LogP contribution in [0, 0.1) is 0 Å². The zero-order valence-electron chi connectivity index (χ0n) is 22.3. The summed E-state index contributed by atoms with van der Waals surface area (Å²) in [5.41, 5.74) is 0.679. The van der Waals surface area contributed by atoms with Gasteiger partial charge in [0.15, 0.2) is 0 Å². The summed E-state index contributed by atoms with van der Waals surface area (Å²) < 4.78 is 20.6. The quantitative estimate of drug-likeness (QED) is 0.519. The molecule has 0 spiro atoms. The summed E-state index contributed by atoms with van der Waals surface area (Å²) in [6.45, 7) is 20.6. The summed E-state index contributed by atoms with van der Waals surface area (Å²) >= 11 is 0. The average molecular weight is 467 g/mol. The van der Waals surface area contributed by atoms with Crippen molar-refractivity contribution in [3.63, 3.8) is 0 Å². The lowest BCUT2D eigenvalue weighted by atomic mass is 9.79. The van der Waals surface area contributed by atoms with Crippen LogP contribution in [0.15, 0.2) is 0 Å². The first-order chi connectivity index (χ1) is 14.6. The third kappa shape index (κ3) is 5.03. The van der Waals surface area contributed by atoms with E-state index in [0.717, 1.165) is 51.6 Å². The average Bonchev–Trinajstić information content (AvgIpc) is 2.96. The lowest BCUT2D eigenvalue weighted by molar-refractivity contribution is 0.110. The molecule has 0 aromatic rings. The predicted octanol–water partition coefficient (Wildman–Crippen LogP) is 5.75. The number of nitrogens with zero attached hydrogens (tertiary/aromatic N) is 2. The highest BCUT2D eigenvalue weighted by molar-refractivity contribution is 7.60. The molecule has 0 bridgehead atoms. The van der Waals surface area contributed by atoms with Crippen LogP contribution in [0.2, 0.25) is 0 Å². The Labute approximate surface area is 198 Å². The van der Waals surface area contributed by atoms with E-state index in [0.29, 0.717) is 17.7 Å². The van der Waals surface area contributed by atoms with Crippen molar-refractivity contribution in [2.24, 2.45) is 0 Å². The van der Waals surface area contributed by atoms with E-state index in [9.17, 15) is 0 Å². The van der Waals surface area contributed by atoms with Crippen molar-refractivity contribution in [3.05, 3.63) is 0 Å². The molecule has 3 saturated heterocycles. The van der Waals surface area contributed by atoms with Gasteiger partial charge in [-0.25, -0.2) is 9.34 Å². The Hall–Kier alpha value is 0.0700. The van der Waals surface area contributed by atoms with Crippen LogP contribution in [0.5, 0.6) is 0 Å². The molecule has 3 aliphatic heterocycles. The molecule has 0 unspecified atom stereocenters. The Bertz CT molecular complexity index is 658. The first-order valence-corrected chi connectivity index (χ1v) is 15.0. The van der Waals surface area contributed by atoms with E-state index in [1.807, 2.05) is 0 Å². The molecule has 1 saturated carbocycles. The third-order valence-electron chi connectivity index (χ3n) is 8.53. The van der Waals surface area contributed by atoms with Crippen LogP contribution in [0.4, 0.5) is 0 Å². The van der Waals surface area contributed by atoms with Gasteiger partial charge in [0.05, 0.1) is 0 Å². The van der Waals surface area contributed by atoms with Gasteiger partial charge in [0, 0.05) is 53.0 Å². The summed E-state index contributed by atoms with van der Waals surface area (Å²) in [7, 11) is -2.62. The Kier molecular flexibility index (Phi) is 6.55. The van der Waals surface area contributed by atoms with Gasteiger partial charge in [0.1, 0.15) is 0 Å². The topological polar surface area (TPSA) is 47.6 Å². The lowest BCUT2D eigenvalue weighted by Gasteiger charge is -2.53. The molecular weight excluding hydrogens is 415 g/mol. The Morgan fingerprint density at radius 1 is 0.625 bits per heavy atom. The molecule has 2 N–H and O–H groups in total. The van der Waals surface area contributed by atoms with Crippen molar-refractivity contribution in [2.45, 2.75) is 153 Å². The van der Waals surface area contributed by atoms with Gasteiger partial charge < -0.3 is 10.6 Å². The highest BCUT2D eigenvalue weighted by Gasteiger charge is 2.56. The maximum atomic E-state index is 15.5. The fourth-order valence-electron chi connectivity index (χ4n) is 8.27. The molecule has 3 heterocycles. The minimum absolute atomic E-state index is 0.0793. The zero-order valence-corrected chi connectivity index (χ0v) is 23.2. The SMILES string of the molecule is CC1(C)CC(N2CCN(C3CC(C)(C)NC(C)(C)C3)P2(=O)C2CCCCC2)CC(C)(C)N1. The molecule has 0 aromatic carbocycles. The van der Waals surface area contributed by atoms with Crippen LogP contribution >= 0.6 is 7.44 Å². The van der Waals surface area contributed by atoms with Crippen molar-refractivity contribution in [1.82, 2.24) is 20.0 Å². The monoisotopic (exact) mass is 466 g/mol. The van der Waals surface area contributed by atoms with Crippen molar-refractivity contribution < 1.29 is 4.57 Å². The number of nitrogens with one attached hydrogen (secondary N) is 2. The first kappa shape index (κ1) is 25.2. The van der Waals surface area contributed by atoms with Crippen LogP contribution < -0.4 is 10.6 Å². The second-order valence-electron chi connectivity index (χ2n) is 14.1. The minimum Gasteiger partial charge on any atom is -0.307 e. The van der Waals surface area contributed by atoms with Crippen LogP contribution in [0.3, 0.4) is 0 Å². The van der Waals surface area contributed by atoms with E-state index in [-0.39, 0.29) is 22.2 Å². The number of hydrogen-bond acceptors (Lipinski definition) is 3. The predicted molar refractivity (Wildman–Crippen MR) is 137 cm³/mol. The van der Waals surface area contributed by atoms with Crippen molar-refractivity contribution in [3.8, 4) is 0 Å². The molecule has 5 nitrogen and oxygen atoms in total. The Balaban J connectivity index is 1.68. The summed E-state index contributed by atoms with van der Waals surface area (Å²) in [5, 5.41) is 7.70. The lowest BCUT2D eigenvalue weighted by Crippen LogP contribution is -2.62. The fourth-order valence-corrected chi connectivity index (χ4v) is 12.5. The highest BCUT2D eigenvalue weighted by atomic mass is 31.2. The summed E-state index contributed by atoms with van der Waals surface area (Å²) in [4.78, 5) is 0. The van der Waals surface area contributed by atoms with Crippen molar-refractivity contribution >= 4 is 7.44 Å². The Morgan fingerprint density at radius 3 is 1.31 bits per heavy atom. The minimum atomic E-state index is -2.62. The van der Waals surface area contributed by atoms with Crippen LogP contribution in [-0.2, 0) is 4.57 Å². The molecule has 186 valence electrons. The van der Waals surface area contributed by atoms with Crippen LogP contribution in [0.25, 0.3) is 0 Å². The maximum Gasteiger partial charge on any atom is 0.220 e. The molecule has 0 radical (unpaired) electrons.